The summed E-state index contributed by atoms with van der Waals surface area (Å²) in [5.41, 5.74) is 0.610. The number of amides is 2. The summed E-state index contributed by atoms with van der Waals surface area (Å²) in [7, 11) is 0. The molecular formula is C12H14N2O3S. The van der Waals surface area contributed by atoms with Crippen LogP contribution in [0, 0.1) is 0 Å². The number of hydrogen-bond donors (Lipinski definition) is 3. The lowest BCUT2D eigenvalue weighted by atomic mass is 10.2. The highest BCUT2D eigenvalue weighted by atomic mass is 32.2. The minimum Gasteiger partial charge on any atom is -0.508 e. The molecule has 0 radical (unpaired) electrons. The molecule has 1 heterocycles. The van der Waals surface area contributed by atoms with E-state index in [4.69, 9.17) is 5.11 Å². The number of benzene rings is 1. The van der Waals surface area contributed by atoms with Gasteiger partial charge in [-0.05, 0) is 24.3 Å². The minimum absolute atomic E-state index is 0.0768. The third kappa shape index (κ3) is 3.40. The van der Waals surface area contributed by atoms with Gasteiger partial charge in [0.2, 0.25) is 11.8 Å². The van der Waals surface area contributed by atoms with Crippen molar-refractivity contribution in [1.82, 2.24) is 5.32 Å². The van der Waals surface area contributed by atoms with Gasteiger partial charge in [-0.1, -0.05) is 0 Å². The smallest absolute Gasteiger partial charge is 0.233 e. The molecule has 1 fully saturated rings. The molecule has 5 nitrogen and oxygen atoms in total. The molecule has 96 valence electrons. The molecule has 1 aromatic rings. The van der Waals surface area contributed by atoms with Crippen LogP contribution in [0.15, 0.2) is 24.3 Å². The molecule has 0 spiro atoms. The summed E-state index contributed by atoms with van der Waals surface area (Å²) in [5, 5.41) is 14.2. The van der Waals surface area contributed by atoms with Crippen LogP contribution in [0.1, 0.15) is 6.42 Å². The van der Waals surface area contributed by atoms with Gasteiger partial charge in [-0.25, -0.2) is 0 Å². The Labute approximate surface area is 109 Å². The standard InChI is InChI=1S/C12H14N2O3S/c15-9-3-1-8(2-4-9)14-11(16)7-10-12(17)13-5-6-18-10/h1-4,10,15H,5-7H2,(H,13,17)(H,14,16). The van der Waals surface area contributed by atoms with Crippen LogP contribution in [0.2, 0.25) is 0 Å². The van der Waals surface area contributed by atoms with E-state index in [1.54, 1.807) is 12.1 Å². The first-order valence-electron chi connectivity index (χ1n) is 5.63. The Kier molecular flexibility index (Phi) is 4.09. The highest BCUT2D eigenvalue weighted by molar-refractivity contribution is 8.00. The Morgan fingerprint density at radius 2 is 2.17 bits per heavy atom. The maximum Gasteiger partial charge on any atom is 0.233 e. The SMILES string of the molecule is O=C(CC1SCCNC1=O)Nc1ccc(O)cc1. The fourth-order valence-electron chi connectivity index (χ4n) is 1.64. The zero-order chi connectivity index (χ0) is 13.0. The molecule has 1 unspecified atom stereocenters. The van der Waals surface area contributed by atoms with Crippen LogP contribution in [0.5, 0.6) is 5.75 Å². The predicted molar refractivity (Wildman–Crippen MR) is 70.6 cm³/mol. The summed E-state index contributed by atoms with van der Waals surface area (Å²) in [5.74, 6) is 0.709. The van der Waals surface area contributed by atoms with Crippen LogP contribution in [0.25, 0.3) is 0 Å². The van der Waals surface area contributed by atoms with Gasteiger partial charge < -0.3 is 15.7 Å². The van der Waals surface area contributed by atoms with E-state index in [2.05, 4.69) is 10.6 Å². The Hall–Kier alpha value is -1.69. The monoisotopic (exact) mass is 266 g/mol. The Morgan fingerprint density at radius 3 is 2.83 bits per heavy atom. The predicted octanol–water partition coefficient (Wildman–Crippen LogP) is 0.952. The van der Waals surface area contributed by atoms with E-state index in [0.717, 1.165) is 5.75 Å². The average molecular weight is 266 g/mol. The van der Waals surface area contributed by atoms with E-state index in [1.165, 1.54) is 23.9 Å². The topological polar surface area (TPSA) is 78.4 Å². The molecular weight excluding hydrogens is 252 g/mol. The number of nitrogens with one attached hydrogen (secondary N) is 2. The molecule has 1 aliphatic rings. The lowest BCUT2D eigenvalue weighted by Crippen LogP contribution is -2.40. The maximum atomic E-state index is 11.7. The Balaban J connectivity index is 1.88. The normalized spacial score (nSPS) is 19.1. The van der Waals surface area contributed by atoms with E-state index < -0.39 is 0 Å². The van der Waals surface area contributed by atoms with E-state index in [0.29, 0.717) is 12.2 Å². The second kappa shape index (κ2) is 5.77. The van der Waals surface area contributed by atoms with Crippen molar-refractivity contribution in [3.8, 4) is 5.75 Å². The molecule has 6 heteroatoms. The highest BCUT2D eigenvalue weighted by Gasteiger charge is 2.25. The summed E-state index contributed by atoms with van der Waals surface area (Å²) in [6, 6.07) is 6.22. The highest BCUT2D eigenvalue weighted by Crippen LogP contribution is 2.19. The fraction of sp³-hybridized carbons (Fsp3) is 0.333. The van der Waals surface area contributed by atoms with Crippen LogP contribution < -0.4 is 10.6 Å². The molecule has 0 saturated carbocycles. The zero-order valence-corrected chi connectivity index (χ0v) is 10.5. The van der Waals surface area contributed by atoms with Gasteiger partial charge in [0.1, 0.15) is 5.75 Å². The third-order valence-corrected chi connectivity index (χ3v) is 3.76. The number of phenolic OH excluding ortho intramolecular Hbond substituents is 1. The molecule has 2 rings (SSSR count). The molecule has 0 bridgehead atoms. The van der Waals surface area contributed by atoms with Crippen molar-refractivity contribution in [2.24, 2.45) is 0 Å². The van der Waals surface area contributed by atoms with Gasteiger partial charge in [0.05, 0.1) is 5.25 Å². The van der Waals surface area contributed by atoms with Crippen molar-refractivity contribution in [3.05, 3.63) is 24.3 Å². The van der Waals surface area contributed by atoms with E-state index >= 15 is 0 Å². The molecule has 1 aliphatic heterocycles. The number of carbonyl (C=O) groups is 2. The van der Waals surface area contributed by atoms with Crippen LogP contribution >= 0.6 is 11.8 Å². The number of rotatable bonds is 3. The van der Waals surface area contributed by atoms with Gasteiger partial charge in [-0.3, -0.25) is 9.59 Å². The quantitative estimate of drug-likeness (QED) is 0.712. The number of carbonyl (C=O) groups excluding carboxylic acids is 2. The van der Waals surface area contributed by atoms with Gasteiger partial charge in [0.15, 0.2) is 0 Å². The van der Waals surface area contributed by atoms with Gasteiger partial charge in [-0.15, -0.1) is 11.8 Å². The van der Waals surface area contributed by atoms with Crippen molar-refractivity contribution in [3.63, 3.8) is 0 Å². The molecule has 1 saturated heterocycles. The summed E-state index contributed by atoms with van der Waals surface area (Å²) >= 11 is 1.50. The van der Waals surface area contributed by atoms with Gasteiger partial charge in [0.25, 0.3) is 0 Å². The van der Waals surface area contributed by atoms with Gasteiger partial charge in [-0.2, -0.15) is 0 Å². The maximum absolute atomic E-state index is 11.7. The minimum atomic E-state index is -0.309. The van der Waals surface area contributed by atoms with Crippen molar-refractivity contribution >= 4 is 29.3 Å². The molecule has 0 aliphatic carbocycles. The number of hydrogen-bond acceptors (Lipinski definition) is 4. The summed E-state index contributed by atoms with van der Waals surface area (Å²) < 4.78 is 0. The molecule has 0 aromatic heterocycles. The number of phenols is 1. The van der Waals surface area contributed by atoms with Crippen LogP contribution in [0.4, 0.5) is 5.69 Å². The first-order valence-corrected chi connectivity index (χ1v) is 6.68. The fourth-order valence-corrected chi connectivity index (χ4v) is 2.65. The average Bonchev–Trinajstić information content (AvgIpc) is 2.35. The second-order valence-electron chi connectivity index (χ2n) is 3.95. The number of thioether (sulfide) groups is 1. The van der Waals surface area contributed by atoms with Gasteiger partial charge in [0, 0.05) is 24.4 Å². The zero-order valence-electron chi connectivity index (χ0n) is 9.68. The lowest BCUT2D eigenvalue weighted by Gasteiger charge is -2.20. The van der Waals surface area contributed by atoms with Crippen LogP contribution in [-0.2, 0) is 9.59 Å². The Bertz CT molecular complexity index is 447. The Morgan fingerprint density at radius 1 is 1.44 bits per heavy atom. The van der Waals surface area contributed by atoms with E-state index in [9.17, 15) is 9.59 Å². The second-order valence-corrected chi connectivity index (χ2v) is 5.26. The molecule has 1 atom stereocenters. The van der Waals surface area contributed by atoms with E-state index in [-0.39, 0.29) is 29.2 Å². The summed E-state index contributed by atoms with van der Waals surface area (Å²) in [4.78, 5) is 23.2. The summed E-state index contributed by atoms with van der Waals surface area (Å²) in [6.45, 7) is 0.666. The van der Waals surface area contributed by atoms with Crippen molar-refractivity contribution < 1.29 is 14.7 Å². The number of anilines is 1. The first kappa shape index (κ1) is 12.8. The molecule has 1 aromatic carbocycles. The molecule has 2 amide bonds. The van der Waals surface area contributed by atoms with Gasteiger partial charge >= 0.3 is 0 Å². The largest absolute Gasteiger partial charge is 0.508 e. The van der Waals surface area contributed by atoms with Crippen molar-refractivity contribution in [2.45, 2.75) is 11.7 Å². The lowest BCUT2D eigenvalue weighted by molar-refractivity contribution is -0.123. The summed E-state index contributed by atoms with van der Waals surface area (Å²) in [6.07, 6.45) is 0.164. The van der Waals surface area contributed by atoms with Crippen LogP contribution in [0.3, 0.4) is 0 Å². The van der Waals surface area contributed by atoms with Crippen molar-refractivity contribution in [2.75, 3.05) is 17.6 Å². The van der Waals surface area contributed by atoms with E-state index in [1.807, 2.05) is 0 Å². The van der Waals surface area contributed by atoms with Crippen LogP contribution in [-0.4, -0.2) is 34.5 Å². The first-order chi connectivity index (χ1) is 8.65. The molecule has 18 heavy (non-hydrogen) atoms. The number of aromatic hydroxyl groups is 1. The molecule has 3 N–H and O–H groups in total. The third-order valence-electron chi connectivity index (χ3n) is 2.53. The van der Waals surface area contributed by atoms with Crippen molar-refractivity contribution in [1.29, 1.82) is 0 Å².